The van der Waals surface area contributed by atoms with E-state index in [1.807, 2.05) is 6.07 Å². The Morgan fingerprint density at radius 1 is 1.25 bits per heavy atom. The maximum Gasteiger partial charge on any atom is 0.198 e. The van der Waals surface area contributed by atoms with Crippen LogP contribution in [0.1, 0.15) is 60.4 Å². The van der Waals surface area contributed by atoms with Crippen molar-refractivity contribution in [3.63, 3.8) is 0 Å². The van der Waals surface area contributed by atoms with Gasteiger partial charge in [-0.05, 0) is 46.7 Å². The van der Waals surface area contributed by atoms with Gasteiger partial charge in [-0.2, -0.15) is 0 Å². The van der Waals surface area contributed by atoms with Crippen LogP contribution in [0.2, 0.25) is 5.02 Å². The second-order valence-electron chi connectivity index (χ2n) is 8.28. The summed E-state index contributed by atoms with van der Waals surface area (Å²) in [5, 5.41) is 11.1. The molecule has 2 heterocycles. The number of hydrogen-bond acceptors (Lipinski definition) is 4. The first-order chi connectivity index (χ1) is 13.4. The SMILES string of the molecule is CC(C)c1ccc(Cc2cc3c(cc2Cl)CO[C@@]32C[C@@H](O)C[C@@H](CN)O2)cc1. The van der Waals surface area contributed by atoms with Gasteiger partial charge in [0.15, 0.2) is 5.79 Å². The molecule has 2 aliphatic heterocycles. The molecule has 0 amide bonds. The number of ether oxygens (including phenoxy) is 2. The van der Waals surface area contributed by atoms with E-state index in [-0.39, 0.29) is 6.10 Å². The van der Waals surface area contributed by atoms with Gasteiger partial charge in [0.05, 0.1) is 18.8 Å². The van der Waals surface area contributed by atoms with Gasteiger partial charge in [0.1, 0.15) is 0 Å². The number of fused-ring (bicyclic) bond motifs is 2. The number of aliphatic hydroxyl groups is 1. The molecule has 0 aromatic heterocycles. The number of halogens is 1. The van der Waals surface area contributed by atoms with E-state index in [1.54, 1.807) is 0 Å². The van der Waals surface area contributed by atoms with E-state index in [0.29, 0.717) is 31.9 Å². The highest BCUT2D eigenvalue weighted by Crippen LogP contribution is 2.46. The summed E-state index contributed by atoms with van der Waals surface area (Å²) >= 11 is 6.59. The van der Waals surface area contributed by atoms with Crippen molar-refractivity contribution in [2.24, 2.45) is 5.73 Å². The van der Waals surface area contributed by atoms with Crippen molar-refractivity contribution in [2.45, 2.75) is 63.6 Å². The summed E-state index contributed by atoms with van der Waals surface area (Å²) in [6.07, 6.45) is 0.998. The largest absolute Gasteiger partial charge is 0.393 e. The standard InChI is InChI=1S/C23H28ClNO3/c1-14(2)16-5-3-15(4-6-16)7-17-8-21-18(9-22(17)24)13-27-23(21)11-19(26)10-20(12-25)28-23/h3-6,8-9,14,19-20,26H,7,10-13,25H2,1-2H3/t19-,20-,23+/m0/s1. The number of nitrogens with two attached hydrogens (primary N) is 1. The first kappa shape index (κ1) is 19.9. The van der Waals surface area contributed by atoms with Crippen molar-refractivity contribution in [1.29, 1.82) is 0 Å². The molecule has 150 valence electrons. The number of aliphatic hydroxyl groups excluding tert-OH is 1. The van der Waals surface area contributed by atoms with Crippen molar-refractivity contribution in [2.75, 3.05) is 6.54 Å². The molecule has 1 fully saturated rings. The van der Waals surface area contributed by atoms with Crippen LogP contribution >= 0.6 is 11.6 Å². The molecular weight excluding hydrogens is 374 g/mol. The quantitative estimate of drug-likeness (QED) is 0.804. The van der Waals surface area contributed by atoms with Crippen LogP contribution in [0.4, 0.5) is 0 Å². The van der Waals surface area contributed by atoms with E-state index in [2.05, 4.69) is 44.2 Å². The third-order valence-electron chi connectivity index (χ3n) is 5.84. The van der Waals surface area contributed by atoms with Crippen LogP contribution in [0.25, 0.3) is 0 Å². The predicted molar refractivity (Wildman–Crippen MR) is 110 cm³/mol. The minimum Gasteiger partial charge on any atom is -0.393 e. The molecule has 2 aliphatic rings. The third kappa shape index (κ3) is 3.72. The summed E-state index contributed by atoms with van der Waals surface area (Å²) in [7, 11) is 0. The fourth-order valence-corrected chi connectivity index (χ4v) is 4.51. The Labute approximate surface area is 171 Å². The van der Waals surface area contributed by atoms with Crippen LogP contribution in [0.15, 0.2) is 36.4 Å². The number of rotatable bonds is 4. The molecule has 0 radical (unpaired) electrons. The molecule has 0 bridgehead atoms. The van der Waals surface area contributed by atoms with Crippen molar-refractivity contribution in [1.82, 2.24) is 0 Å². The predicted octanol–water partition coefficient (Wildman–Crippen LogP) is 4.24. The van der Waals surface area contributed by atoms with Gasteiger partial charge in [0.25, 0.3) is 0 Å². The van der Waals surface area contributed by atoms with Crippen LogP contribution in [-0.2, 0) is 28.3 Å². The van der Waals surface area contributed by atoms with Gasteiger partial charge in [-0.3, -0.25) is 0 Å². The van der Waals surface area contributed by atoms with Crippen molar-refractivity contribution in [3.05, 3.63) is 69.2 Å². The average molecular weight is 402 g/mol. The van der Waals surface area contributed by atoms with Crippen LogP contribution < -0.4 is 5.73 Å². The van der Waals surface area contributed by atoms with Gasteiger partial charge >= 0.3 is 0 Å². The number of hydrogen-bond donors (Lipinski definition) is 2. The first-order valence-electron chi connectivity index (χ1n) is 10.0. The number of benzene rings is 2. The Bertz CT molecular complexity index is 852. The summed E-state index contributed by atoms with van der Waals surface area (Å²) in [4.78, 5) is 0. The summed E-state index contributed by atoms with van der Waals surface area (Å²) in [5.74, 6) is -0.405. The summed E-state index contributed by atoms with van der Waals surface area (Å²) in [6, 6.07) is 12.8. The lowest BCUT2D eigenvalue weighted by atomic mass is 9.89. The highest BCUT2D eigenvalue weighted by atomic mass is 35.5. The van der Waals surface area contributed by atoms with Crippen molar-refractivity contribution in [3.8, 4) is 0 Å². The molecule has 1 spiro atoms. The van der Waals surface area contributed by atoms with Gasteiger partial charge < -0.3 is 20.3 Å². The lowest BCUT2D eigenvalue weighted by Crippen LogP contribution is -2.46. The zero-order chi connectivity index (χ0) is 19.9. The van der Waals surface area contributed by atoms with Crippen LogP contribution in [0, 0.1) is 0 Å². The molecule has 4 rings (SSSR count). The maximum atomic E-state index is 10.4. The maximum absolute atomic E-state index is 10.4. The van der Waals surface area contributed by atoms with Gasteiger partial charge in [0, 0.05) is 30.0 Å². The van der Waals surface area contributed by atoms with Crippen molar-refractivity contribution < 1.29 is 14.6 Å². The zero-order valence-electron chi connectivity index (χ0n) is 16.5. The molecule has 5 heteroatoms. The van der Waals surface area contributed by atoms with E-state index in [9.17, 15) is 5.11 Å². The molecule has 3 atom stereocenters. The van der Waals surface area contributed by atoms with Crippen LogP contribution in [0.3, 0.4) is 0 Å². The van der Waals surface area contributed by atoms with Gasteiger partial charge in [-0.1, -0.05) is 49.7 Å². The molecular formula is C23H28ClNO3. The molecule has 0 saturated carbocycles. The van der Waals surface area contributed by atoms with Crippen LogP contribution in [0.5, 0.6) is 0 Å². The normalized spacial score (nSPS) is 26.8. The lowest BCUT2D eigenvalue weighted by Gasteiger charge is -2.40. The molecule has 28 heavy (non-hydrogen) atoms. The smallest absolute Gasteiger partial charge is 0.198 e. The van der Waals surface area contributed by atoms with Gasteiger partial charge in [-0.15, -0.1) is 0 Å². The summed E-state index contributed by atoms with van der Waals surface area (Å²) < 4.78 is 12.3. The Morgan fingerprint density at radius 3 is 2.68 bits per heavy atom. The van der Waals surface area contributed by atoms with Crippen LogP contribution in [-0.4, -0.2) is 23.9 Å². The Kier molecular flexibility index (Phi) is 5.51. The molecule has 2 aromatic rings. The average Bonchev–Trinajstić information content (AvgIpc) is 2.98. The first-order valence-corrected chi connectivity index (χ1v) is 10.4. The molecule has 3 N–H and O–H groups in total. The van der Waals surface area contributed by atoms with E-state index in [0.717, 1.165) is 28.1 Å². The fourth-order valence-electron chi connectivity index (χ4n) is 4.25. The second kappa shape index (κ2) is 7.77. The van der Waals surface area contributed by atoms with E-state index >= 15 is 0 Å². The van der Waals surface area contributed by atoms with E-state index in [4.69, 9.17) is 26.8 Å². The highest BCUT2D eigenvalue weighted by Gasteiger charge is 2.48. The van der Waals surface area contributed by atoms with Crippen molar-refractivity contribution >= 4 is 11.6 Å². The Morgan fingerprint density at radius 2 is 2.00 bits per heavy atom. The molecule has 2 aromatic carbocycles. The minimum absolute atomic E-state index is 0.211. The van der Waals surface area contributed by atoms with Gasteiger partial charge in [-0.25, -0.2) is 0 Å². The molecule has 4 nitrogen and oxygen atoms in total. The topological polar surface area (TPSA) is 64.7 Å². The van der Waals surface area contributed by atoms with E-state index < -0.39 is 11.9 Å². The molecule has 0 unspecified atom stereocenters. The van der Waals surface area contributed by atoms with E-state index in [1.165, 1.54) is 11.1 Å². The monoisotopic (exact) mass is 401 g/mol. The highest BCUT2D eigenvalue weighted by molar-refractivity contribution is 6.31. The lowest BCUT2D eigenvalue weighted by molar-refractivity contribution is -0.296. The summed E-state index contributed by atoms with van der Waals surface area (Å²) in [5.41, 5.74) is 11.4. The third-order valence-corrected chi connectivity index (χ3v) is 6.20. The molecule has 1 saturated heterocycles. The zero-order valence-corrected chi connectivity index (χ0v) is 17.2. The van der Waals surface area contributed by atoms with Gasteiger partial charge in [0.2, 0.25) is 0 Å². The molecule has 0 aliphatic carbocycles. The Hall–Kier alpha value is -1.43. The summed E-state index contributed by atoms with van der Waals surface area (Å²) in [6.45, 7) is 5.18. The fraction of sp³-hybridized carbons (Fsp3) is 0.478. The second-order valence-corrected chi connectivity index (χ2v) is 8.69. The minimum atomic E-state index is -0.919. The Balaban J connectivity index is 1.64.